The van der Waals surface area contributed by atoms with Crippen LogP contribution in [0.15, 0.2) is 0 Å². The van der Waals surface area contributed by atoms with Gasteiger partial charge < -0.3 is 19.9 Å². The lowest BCUT2D eigenvalue weighted by Crippen LogP contribution is -2.42. The van der Waals surface area contributed by atoms with Crippen molar-refractivity contribution in [1.82, 2.24) is 15.1 Å². The lowest BCUT2D eigenvalue weighted by atomic mass is 10.2. The van der Waals surface area contributed by atoms with Gasteiger partial charge in [0.1, 0.15) is 6.04 Å². The number of nitrogens with zero attached hydrogens (tertiary/aromatic N) is 2. The third kappa shape index (κ3) is 7.50. The first-order valence-electron chi connectivity index (χ1n) is 7.29. The molecule has 0 saturated heterocycles. The Kier molecular flexibility index (Phi) is 7.34. The van der Waals surface area contributed by atoms with Crippen molar-refractivity contribution in [1.29, 1.82) is 0 Å². The van der Waals surface area contributed by atoms with Crippen molar-refractivity contribution in [2.24, 2.45) is 0 Å². The minimum Gasteiger partial charge on any atom is -0.465 e. The molecule has 1 rings (SSSR count). The van der Waals surface area contributed by atoms with Gasteiger partial charge in [-0.1, -0.05) is 0 Å². The predicted molar refractivity (Wildman–Crippen MR) is 77.2 cm³/mol. The van der Waals surface area contributed by atoms with E-state index in [1.807, 2.05) is 6.92 Å². The number of nitrogens with one attached hydrogen (secondary N) is 1. The number of likely N-dealkylation sites (N-methyl/N-ethyl adjacent to an activating group) is 2. The molecule has 0 heterocycles. The molecule has 0 bridgehead atoms. The van der Waals surface area contributed by atoms with Crippen LogP contribution >= 0.6 is 0 Å². The molecule has 5 nitrogen and oxygen atoms in total. The normalized spacial score (nSPS) is 16.9. The van der Waals surface area contributed by atoms with Crippen molar-refractivity contribution >= 4 is 5.97 Å². The van der Waals surface area contributed by atoms with Crippen LogP contribution in [0.25, 0.3) is 0 Å². The Hall–Kier alpha value is -0.650. The average Bonchev–Trinajstić information content (AvgIpc) is 3.15. The number of esters is 1. The van der Waals surface area contributed by atoms with E-state index in [4.69, 9.17) is 4.74 Å². The summed E-state index contributed by atoms with van der Waals surface area (Å²) in [6.45, 7) is 5.28. The Morgan fingerprint density at radius 2 is 1.95 bits per heavy atom. The maximum Gasteiger partial charge on any atom is 0.323 e. The van der Waals surface area contributed by atoms with Crippen LogP contribution in [0.4, 0.5) is 0 Å². The summed E-state index contributed by atoms with van der Waals surface area (Å²) in [5, 5.41) is 3.38. The topological polar surface area (TPSA) is 44.8 Å². The molecule has 1 aliphatic rings. The second kappa shape index (κ2) is 8.51. The van der Waals surface area contributed by atoms with E-state index in [9.17, 15) is 4.79 Å². The maximum atomic E-state index is 11.9. The molecule has 0 aromatic heterocycles. The summed E-state index contributed by atoms with van der Waals surface area (Å²) in [4.78, 5) is 16.3. The highest BCUT2D eigenvalue weighted by atomic mass is 16.5. The molecule has 1 N–H and O–H groups in total. The number of hydrogen-bond donors (Lipinski definition) is 1. The van der Waals surface area contributed by atoms with Crippen LogP contribution in [-0.4, -0.2) is 75.2 Å². The van der Waals surface area contributed by atoms with E-state index in [1.54, 1.807) is 0 Å². The maximum absolute atomic E-state index is 11.9. The van der Waals surface area contributed by atoms with Gasteiger partial charge in [-0.25, -0.2) is 0 Å². The lowest BCUT2D eigenvalue weighted by Gasteiger charge is -2.22. The summed E-state index contributed by atoms with van der Waals surface area (Å²) < 4.78 is 5.13. The Balaban J connectivity index is 2.28. The highest BCUT2D eigenvalue weighted by molar-refractivity contribution is 5.75. The molecule has 1 unspecified atom stereocenters. The highest BCUT2D eigenvalue weighted by Gasteiger charge is 2.29. The number of carbonyl (C=O) groups excluding carboxylic acids is 1. The second-order valence-corrected chi connectivity index (χ2v) is 5.64. The lowest BCUT2D eigenvalue weighted by molar-refractivity contribution is -0.146. The zero-order valence-electron chi connectivity index (χ0n) is 12.8. The molecule has 1 saturated carbocycles. The molecule has 0 aliphatic heterocycles. The van der Waals surface area contributed by atoms with E-state index in [-0.39, 0.29) is 12.0 Å². The molecule has 1 atom stereocenters. The van der Waals surface area contributed by atoms with Crippen LogP contribution < -0.4 is 5.32 Å². The minimum absolute atomic E-state index is 0.101. The zero-order valence-corrected chi connectivity index (χ0v) is 12.8. The minimum atomic E-state index is -0.144. The molecule has 1 aliphatic carbocycles. The average molecular weight is 271 g/mol. The molecule has 112 valence electrons. The number of ether oxygens (including phenoxy) is 1. The van der Waals surface area contributed by atoms with E-state index < -0.39 is 0 Å². The molecular weight excluding hydrogens is 242 g/mol. The van der Waals surface area contributed by atoms with Crippen LogP contribution in [0.1, 0.15) is 26.2 Å². The Bertz CT molecular complexity index is 267. The van der Waals surface area contributed by atoms with Gasteiger partial charge in [-0.05, 0) is 53.9 Å². The van der Waals surface area contributed by atoms with Gasteiger partial charge in [-0.2, -0.15) is 0 Å². The molecule has 0 amide bonds. The van der Waals surface area contributed by atoms with Gasteiger partial charge >= 0.3 is 5.97 Å². The standard InChI is InChI=1S/C14H29N3O2/c1-5-19-14(18)13(15-12-6-7-12)8-9-17(4)11-10-16(2)3/h12-13,15H,5-11H2,1-4H3. The molecular formula is C14H29N3O2. The van der Waals surface area contributed by atoms with Crippen molar-refractivity contribution < 1.29 is 9.53 Å². The molecule has 0 spiro atoms. The summed E-state index contributed by atoms with van der Waals surface area (Å²) in [6, 6.07) is 0.385. The van der Waals surface area contributed by atoms with Gasteiger partial charge in [0.05, 0.1) is 6.61 Å². The number of rotatable bonds is 10. The Morgan fingerprint density at radius 1 is 1.26 bits per heavy atom. The second-order valence-electron chi connectivity index (χ2n) is 5.64. The Morgan fingerprint density at radius 3 is 2.47 bits per heavy atom. The largest absolute Gasteiger partial charge is 0.465 e. The van der Waals surface area contributed by atoms with Crippen LogP contribution in [0.5, 0.6) is 0 Å². The summed E-state index contributed by atoms with van der Waals surface area (Å²) in [5.74, 6) is -0.101. The smallest absolute Gasteiger partial charge is 0.323 e. The fourth-order valence-electron chi connectivity index (χ4n) is 1.88. The third-order valence-electron chi connectivity index (χ3n) is 3.31. The van der Waals surface area contributed by atoms with Crippen molar-refractivity contribution in [2.75, 3.05) is 47.4 Å². The van der Waals surface area contributed by atoms with Crippen LogP contribution in [0, 0.1) is 0 Å². The molecule has 5 heteroatoms. The molecule has 0 aromatic rings. The van der Waals surface area contributed by atoms with Gasteiger partial charge in [-0.15, -0.1) is 0 Å². The van der Waals surface area contributed by atoms with Crippen molar-refractivity contribution in [2.45, 2.75) is 38.3 Å². The van der Waals surface area contributed by atoms with Crippen LogP contribution in [-0.2, 0) is 9.53 Å². The first-order valence-corrected chi connectivity index (χ1v) is 7.29. The predicted octanol–water partition coefficient (Wildman–Crippen LogP) is 0.554. The third-order valence-corrected chi connectivity index (χ3v) is 3.31. The van der Waals surface area contributed by atoms with Gasteiger partial charge in [0.15, 0.2) is 0 Å². The van der Waals surface area contributed by atoms with E-state index in [1.165, 1.54) is 12.8 Å². The van der Waals surface area contributed by atoms with E-state index in [0.29, 0.717) is 12.6 Å². The summed E-state index contributed by atoms with van der Waals surface area (Å²) >= 11 is 0. The summed E-state index contributed by atoms with van der Waals surface area (Å²) in [6.07, 6.45) is 3.19. The van der Waals surface area contributed by atoms with Crippen molar-refractivity contribution in [3.8, 4) is 0 Å². The van der Waals surface area contributed by atoms with Crippen molar-refractivity contribution in [3.63, 3.8) is 0 Å². The van der Waals surface area contributed by atoms with Gasteiger partial charge in [-0.3, -0.25) is 4.79 Å². The number of carbonyl (C=O) groups is 1. The molecule has 0 radical (unpaired) electrons. The Labute approximate surface area is 117 Å². The fraction of sp³-hybridized carbons (Fsp3) is 0.929. The van der Waals surface area contributed by atoms with E-state index >= 15 is 0 Å². The first-order chi connectivity index (χ1) is 9.02. The van der Waals surface area contributed by atoms with Gasteiger partial charge in [0.25, 0.3) is 0 Å². The molecule has 0 aromatic carbocycles. The SMILES string of the molecule is CCOC(=O)C(CCN(C)CCN(C)C)NC1CC1. The van der Waals surface area contributed by atoms with E-state index in [2.05, 4.69) is 36.3 Å². The first kappa shape index (κ1) is 16.4. The van der Waals surface area contributed by atoms with Gasteiger partial charge in [0, 0.05) is 19.1 Å². The summed E-state index contributed by atoms with van der Waals surface area (Å²) in [7, 11) is 6.25. The van der Waals surface area contributed by atoms with Gasteiger partial charge in [0.2, 0.25) is 0 Å². The fourth-order valence-corrected chi connectivity index (χ4v) is 1.88. The van der Waals surface area contributed by atoms with Crippen LogP contribution in [0.2, 0.25) is 0 Å². The highest BCUT2D eigenvalue weighted by Crippen LogP contribution is 2.20. The quantitative estimate of drug-likeness (QED) is 0.588. The van der Waals surface area contributed by atoms with Crippen molar-refractivity contribution in [3.05, 3.63) is 0 Å². The van der Waals surface area contributed by atoms with Crippen LogP contribution in [0.3, 0.4) is 0 Å². The molecule has 19 heavy (non-hydrogen) atoms. The monoisotopic (exact) mass is 271 g/mol. The summed E-state index contributed by atoms with van der Waals surface area (Å²) in [5.41, 5.74) is 0. The van der Waals surface area contributed by atoms with E-state index in [0.717, 1.165) is 26.1 Å². The molecule has 1 fully saturated rings. The number of hydrogen-bond acceptors (Lipinski definition) is 5. The zero-order chi connectivity index (χ0) is 14.3.